The molecule has 0 atom stereocenters. The first-order valence-electron chi connectivity index (χ1n) is 5.93. The minimum absolute atomic E-state index is 0.765. The molecule has 0 fully saturated rings. The molecule has 2 nitrogen and oxygen atoms in total. The van der Waals surface area contributed by atoms with Crippen molar-refractivity contribution < 1.29 is 4.74 Å². The van der Waals surface area contributed by atoms with E-state index in [-0.39, 0.29) is 0 Å². The summed E-state index contributed by atoms with van der Waals surface area (Å²) in [6.07, 6.45) is 3.59. The first-order valence-corrected chi connectivity index (χ1v) is 5.93. The molecule has 0 aliphatic heterocycles. The Morgan fingerprint density at radius 2 is 1.79 bits per heavy atom. The summed E-state index contributed by atoms with van der Waals surface area (Å²) in [5.41, 5.74) is 0. The lowest BCUT2D eigenvalue weighted by molar-refractivity contribution is 0.120. The summed E-state index contributed by atoms with van der Waals surface area (Å²) in [6.45, 7) is 10.9. The topological polar surface area (TPSA) is 12.5 Å². The molecule has 86 valence electrons. The molecule has 0 rings (SSSR count). The van der Waals surface area contributed by atoms with E-state index in [1.165, 1.54) is 19.4 Å². The Balaban J connectivity index is 3.10. The van der Waals surface area contributed by atoms with E-state index in [2.05, 4.69) is 32.7 Å². The largest absolute Gasteiger partial charge is 0.381 e. The lowest BCUT2D eigenvalue weighted by atomic mass is 10.2. The van der Waals surface area contributed by atoms with Crippen LogP contribution in [0.3, 0.4) is 0 Å². The van der Waals surface area contributed by atoms with Crippen molar-refractivity contribution in [2.45, 2.75) is 40.0 Å². The van der Waals surface area contributed by atoms with E-state index in [4.69, 9.17) is 4.74 Å². The summed E-state index contributed by atoms with van der Waals surface area (Å²) in [5.74, 6) is 0.765. The van der Waals surface area contributed by atoms with Crippen LogP contribution in [-0.2, 0) is 4.74 Å². The van der Waals surface area contributed by atoms with Gasteiger partial charge in [-0.1, -0.05) is 27.2 Å². The maximum Gasteiger partial charge on any atom is 0.0478 e. The molecule has 0 saturated heterocycles. The van der Waals surface area contributed by atoms with Gasteiger partial charge < -0.3 is 9.64 Å². The van der Waals surface area contributed by atoms with Crippen molar-refractivity contribution >= 4 is 0 Å². The van der Waals surface area contributed by atoms with Gasteiger partial charge in [0.1, 0.15) is 0 Å². The Morgan fingerprint density at radius 1 is 1.14 bits per heavy atom. The number of hydrogen-bond acceptors (Lipinski definition) is 2. The van der Waals surface area contributed by atoms with E-state index < -0.39 is 0 Å². The molecule has 0 amide bonds. The second kappa shape index (κ2) is 9.47. The first-order chi connectivity index (χ1) is 6.66. The average Bonchev–Trinajstić information content (AvgIpc) is 2.10. The molecular formula is C12H27NO. The number of hydrogen-bond donors (Lipinski definition) is 0. The van der Waals surface area contributed by atoms with Crippen LogP contribution < -0.4 is 0 Å². The maximum absolute atomic E-state index is 5.50. The third-order valence-electron chi connectivity index (χ3n) is 2.15. The Morgan fingerprint density at radius 3 is 2.36 bits per heavy atom. The highest BCUT2D eigenvalue weighted by molar-refractivity contribution is 4.54. The summed E-state index contributed by atoms with van der Waals surface area (Å²) in [6, 6.07) is 0. The average molecular weight is 201 g/mol. The summed E-state index contributed by atoms with van der Waals surface area (Å²) in [7, 11) is 2.19. The van der Waals surface area contributed by atoms with Gasteiger partial charge in [-0.05, 0) is 25.8 Å². The van der Waals surface area contributed by atoms with Crippen molar-refractivity contribution in [1.82, 2.24) is 4.90 Å². The highest BCUT2D eigenvalue weighted by Gasteiger charge is 2.00. The van der Waals surface area contributed by atoms with Gasteiger partial charge in [0.05, 0.1) is 0 Å². The van der Waals surface area contributed by atoms with Crippen LogP contribution in [0.1, 0.15) is 40.0 Å². The van der Waals surface area contributed by atoms with Gasteiger partial charge in [-0.2, -0.15) is 0 Å². The van der Waals surface area contributed by atoms with E-state index in [0.29, 0.717) is 0 Å². The molecule has 0 N–H and O–H groups in total. The number of ether oxygens (including phenoxy) is 1. The van der Waals surface area contributed by atoms with Crippen LogP contribution in [0.4, 0.5) is 0 Å². The molecule has 0 radical (unpaired) electrons. The number of rotatable bonds is 9. The molecule has 14 heavy (non-hydrogen) atoms. The third-order valence-corrected chi connectivity index (χ3v) is 2.15. The van der Waals surface area contributed by atoms with Crippen LogP contribution >= 0.6 is 0 Å². The zero-order valence-electron chi connectivity index (χ0n) is 10.4. The Hall–Kier alpha value is -0.0800. The molecule has 0 bridgehead atoms. The predicted octanol–water partition coefficient (Wildman–Crippen LogP) is 2.78. The molecular weight excluding hydrogens is 174 g/mol. The van der Waals surface area contributed by atoms with Gasteiger partial charge in [-0.3, -0.25) is 0 Å². The van der Waals surface area contributed by atoms with Gasteiger partial charge in [-0.25, -0.2) is 0 Å². The van der Waals surface area contributed by atoms with E-state index >= 15 is 0 Å². The number of unbranched alkanes of at least 4 members (excludes halogenated alkanes) is 1. The second-order valence-corrected chi connectivity index (χ2v) is 4.48. The lowest BCUT2D eigenvalue weighted by Gasteiger charge is -2.18. The first kappa shape index (κ1) is 13.9. The van der Waals surface area contributed by atoms with Crippen molar-refractivity contribution in [2.24, 2.45) is 5.92 Å². The van der Waals surface area contributed by atoms with E-state index in [1.54, 1.807) is 0 Å². The molecule has 0 aromatic rings. The van der Waals surface area contributed by atoms with Crippen molar-refractivity contribution in [1.29, 1.82) is 0 Å². The van der Waals surface area contributed by atoms with Gasteiger partial charge in [0, 0.05) is 26.3 Å². The van der Waals surface area contributed by atoms with Crippen molar-refractivity contribution in [3.05, 3.63) is 0 Å². The molecule has 2 heteroatoms. The zero-order chi connectivity index (χ0) is 10.8. The summed E-state index contributed by atoms with van der Waals surface area (Å²) in [4.78, 5) is 2.38. The van der Waals surface area contributed by atoms with Gasteiger partial charge in [0.2, 0.25) is 0 Å². The van der Waals surface area contributed by atoms with E-state index in [1.807, 2.05) is 0 Å². The van der Waals surface area contributed by atoms with Crippen molar-refractivity contribution in [3.63, 3.8) is 0 Å². The predicted molar refractivity (Wildman–Crippen MR) is 62.7 cm³/mol. The normalized spacial score (nSPS) is 11.6. The standard InChI is InChI=1S/C12H27NO/c1-5-6-9-14-10-7-8-13(4)11-12(2)3/h12H,5-11H2,1-4H3. The van der Waals surface area contributed by atoms with Crippen LogP contribution in [0.5, 0.6) is 0 Å². The molecule has 0 aromatic carbocycles. The molecule has 0 saturated carbocycles. The molecule has 0 unspecified atom stereocenters. The highest BCUT2D eigenvalue weighted by Crippen LogP contribution is 1.97. The minimum atomic E-state index is 0.765. The van der Waals surface area contributed by atoms with Crippen LogP contribution in [0.2, 0.25) is 0 Å². The summed E-state index contributed by atoms with van der Waals surface area (Å²) < 4.78 is 5.50. The van der Waals surface area contributed by atoms with E-state index in [0.717, 1.165) is 32.1 Å². The Bertz CT molecular complexity index is 115. The zero-order valence-corrected chi connectivity index (χ0v) is 10.4. The van der Waals surface area contributed by atoms with Crippen LogP contribution in [0.15, 0.2) is 0 Å². The van der Waals surface area contributed by atoms with Gasteiger partial charge >= 0.3 is 0 Å². The quantitative estimate of drug-likeness (QED) is 0.532. The summed E-state index contributed by atoms with van der Waals surface area (Å²) in [5, 5.41) is 0. The highest BCUT2D eigenvalue weighted by atomic mass is 16.5. The van der Waals surface area contributed by atoms with Gasteiger partial charge in [0.15, 0.2) is 0 Å². The van der Waals surface area contributed by atoms with Crippen molar-refractivity contribution in [2.75, 3.05) is 33.4 Å². The smallest absolute Gasteiger partial charge is 0.0478 e. The molecule has 0 spiro atoms. The van der Waals surface area contributed by atoms with Crippen LogP contribution in [0, 0.1) is 5.92 Å². The van der Waals surface area contributed by atoms with Crippen LogP contribution in [-0.4, -0.2) is 38.3 Å². The fraction of sp³-hybridized carbons (Fsp3) is 1.00. The maximum atomic E-state index is 5.50. The van der Waals surface area contributed by atoms with Gasteiger partial charge in [0.25, 0.3) is 0 Å². The molecule has 0 aromatic heterocycles. The lowest BCUT2D eigenvalue weighted by Crippen LogP contribution is -2.25. The monoisotopic (exact) mass is 201 g/mol. The fourth-order valence-electron chi connectivity index (χ4n) is 1.50. The Kier molecular flexibility index (Phi) is 9.42. The van der Waals surface area contributed by atoms with E-state index in [9.17, 15) is 0 Å². The Labute approximate surface area is 89.6 Å². The SMILES string of the molecule is CCCCOCCCN(C)CC(C)C. The van der Waals surface area contributed by atoms with Crippen LogP contribution in [0.25, 0.3) is 0 Å². The van der Waals surface area contributed by atoms with Crippen molar-refractivity contribution in [3.8, 4) is 0 Å². The third kappa shape index (κ3) is 10.0. The number of nitrogens with zero attached hydrogens (tertiary/aromatic N) is 1. The summed E-state index contributed by atoms with van der Waals surface area (Å²) >= 11 is 0. The van der Waals surface area contributed by atoms with Gasteiger partial charge in [-0.15, -0.1) is 0 Å². The molecule has 0 aliphatic rings. The molecule has 0 aliphatic carbocycles. The molecule has 0 heterocycles. The fourth-order valence-corrected chi connectivity index (χ4v) is 1.50. The minimum Gasteiger partial charge on any atom is -0.381 e. The second-order valence-electron chi connectivity index (χ2n) is 4.48.